The van der Waals surface area contributed by atoms with Gasteiger partial charge in [-0.25, -0.2) is 0 Å². The molecule has 3 aromatic rings. The van der Waals surface area contributed by atoms with Crippen molar-refractivity contribution >= 4 is 5.69 Å². The van der Waals surface area contributed by atoms with Crippen molar-refractivity contribution in [3.63, 3.8) is 0 Å². The minimum Gasteiger partial charge on any atom is -0.495 e. The third-order valence-corrected chi connectivity index (χ3v) is 4.26. The van der Waals surface area contributed by atoms with E-state index in [1.165, 1.54) is 0 Å². The van der Waals surface area contributed by atoms with Crippen molar-refractivity contribution in [2.24, 2.45) is 0 Å². The third-order valence-electron chi connectivity index (χ3n) is 4.26. The number of methoxy groups -OCH3 is 2. The maximum atomic E-state index is 5.68. The summed E-state index contributed by atoms with van der Waals surface area (Å²) in [7, 11) is 5.29. The largest absolute Gasteiger partial charge is 0.495 e. The van der Waals surface area contributed by atoms with Crippen molar-refractivity contribution in [3.05, 3.63) is 78.1 Å². The molecule has 128 valence electrons. The lowest BCUT2D eigenvalue weighted by Gasteiger charge is -2.17. The van der Waals surface area contributed by atoms with Crippen molar-refractivity contribution in [1.82, 2.24) is 4.98 Å². The van der Waals surface area contributed by atoms with E-state index in [0.717, 1.165) is 33.7 Å². The zero-order chi connectivity index (χ0) is 17.6. The molecule has 0 fully saturated rings. The van der Waals surface area contributed by atoms with E-state index in [0.29, 0.717) is 0 Å². The van der Waals surface area contributed by atoms with E-state index >= 15 is 0 Å². The Morgan fingerprint density at radius 1 is 0.840 bits per heavy atom. The number of aromatic nitrogens is 1. The van der Waals surface area contributed by atoms with Crippen LogP contribution in [0.25, 0.3) is 11.1 Å². The molecule has 25 heavy (non-hydrogen) atoms. The van der Waals surface area contributed by atoms with Gasteiger partial charge in [0.05, 0.1) is 12.8 Å². The van der Waals surface area contributed by atoms with E-state index in [9.17, 15) is 0 Å². The van der Waals surface area contributed by atoms with E-state index in [1.54, 1.807) is 26.6 Å². The molecule has 0 radical (unpaired) electrons. The summed E-state index contributed by atoms with van der Waals surface area (Å²) in [4.78, 5) is 4.07. The quantitative estimate of drug-likeness (QED) is 0.719. The van der Waals surface area contributed by atoms with Gasteiger partial charge in [0.2, 0.25) is 0 Å². The van der Waals surface area contributed by atoms with Crippen LogP contribution in [0.1, 0.15) is 17.2 Å². The van der Waals surface area contributed by atoms with Gasteiger partial charge in [-0.2, -0.15) is 0 Å². The zero-order valence-corrected chi connectivity index (χ0v) is 14.7. The molecule has 1 aromatic heterocycles. The summed E-state index contributed by atoms with van der Waals surface area (Å²) in [6.45, 7) is 0. The first kappa shape index (κ1) is 17.0. The predicted octanol–water partition coefficient (Wildman–Crippen LogP) is 4.53. The normalized spacial score (nSPS) is 11.8. The second-order valence-corrected chi connectivity index (χ2v) is 5.68. The third kappa shape index (κ3) is 3.64. The molecular weight excluding hydrogens is 312 g/mol. The second-order valence-electron chi connectivity index (χ2n) is 5.68. The molecule has 4 heteroatoms. The molecule has 0 bridgehead atoms. The first-order valence-electron chi connectivity index (χ1n) is 8.15. The van der Waals surface area contributed by atoms with Crippen molar-refractivity contribution in [3.8, 4) is 16.9 Å². The van der Waals surface area contributed by atoms with Crippen LogP contribution >= 0.6 is 0 Å². The Hall–Kier alpha value is -2.85. The number of pyridine rings is 1. The number of anilines is 1. The van der Waals surface area contributed by atoms with Crippen LogP contribution in [0.5, 0.6) is 5.75 Å². The average Bonchev–Trinajstić information content (AvgIpc) is 2.69. The van der Waals surface area contributed by atoms with Gasteiger partial charge in [0.25, 0.3) is 0 Å². The minimum atomic E-state index is -0.0988. The molecule has 3 rings (SSSR count). The van der Waals surface area contributed by atoms with Gasteiger partial charge in [-0.3, -0.25) is 4.98 Å². The molecule has 0 aliphatic heterocycles. The van der Waals surface area contributed by atoms with Gasteiger partial charge in [-0.05, 0) is 46.5 Å². The van der Waals surface area contributed by atoms with Gasteiger partial charge in [-0.15, -0.1) is 0 Å². The molecule has 1 unspecified atom stereocenters. The molecular formula is C21H22N2O2. The van der Waals surface area contributed by atoms with Gasteiger partial charge < -0.3 is 14.8 Å². The standard InChI is InChI=1S/C21H22N2O2/c1-22-19-9-8-18(14-20(19)24-2)15-4-6-16(7-5-15)21(25-3)17-10-12-23-13-11-17/h4-14,21-22H,1-3H3. The molecule has 1 atom stereocenters. The van der Waals surface area contributed by atoms with Gasteiger partial charge in [0, 0.05) is 26.6 Å². The van der Waals surface area contributed by atoms with Crippen LogP contribution in [0.4, 0.5) is 5.69 Å². The van der Waals surface area contributed by atoms with Crippen LogP contribution < -0.4 is 10.1 Å². The number of hydrogen-bond donors (Lipinski definition) is 1. The lowest BCUT2D eigenvalue weighted by atomic mass is 9.98. The van der Waals surface area contributed by atoms with Crippen molar-refractivity contribution < 1.29 is 9.47 Å². The maximum Gasteiger partial charge on any atom is 0.142 e. The maximum absolute atomic E-state index is 5.68. The number of hydrogen-bond acceptors (Lipinski definition) is 4. The molecule has 2 aromatic carbocycles. The van der Waals surface area contributed by atoms with E-state index in [4.69, 9.17) is 9.47 Å². The fraction of sp³-hybridized carbons (Fsp3) is 0.190. The predicted molar refractivity (Wildman–Crippen MR) is 101 cm³/mol. The minimum absolute atomic E-state index is 0.0988. The van der Waals surface area contributed by atoms with E-state index in [1.807, 2.05) is 31.3 Å². The van der Waals surface area contributed by atoms with Crippen LogP contribution in [0.3, 0.4) is 0 Å². The SMILES string of the molecule is CNc1ccc(-c2ccc(C(OC)c3ccncc3)cc2)cc1OC. The van der Waals surface area contributed by atoms with Crippen molar-refractivity contribution in [2.45, 2.75) is 6.10 Å². The Morgan fingerprint density at radius 2 is 1.48 bits per heavy atom. The number of ether oxygens (including phenoxy) is 2. The summed E-state index contributed by atoms with van der Waals surface area (Å²) >= 11 is 0. The second kappa shape index (κ2) is 7.81. The molecule has 0 amide bonds. The molecule has 0 saturated carbocycles. The van der Waals surface area contributed by atoms with Crippen LogP contribution in [-0.4, -0.2) is 26.3 Å². The molecule has 0 aliphatic rings. The van der Waals surface area contributed by atoms with Gasteiger partial charge in [0.1, 0.15) is 11.9 Å². The lowest BCUT2D eigenvalue weighted by molar-refractivity contribution is 0.136. The highest BCUT2D eigenvalue weighted by atomic mass is 16.5. The summed E-state index contributed by atoms with van der Waals surface area (Å²) in [6, 6.07) is 18.5. The number of rotatable bonds is 6. The number of benzene rings is 2. The zero-order valence-electron chi connectivity index (χ0n) is 14.7. The molecule has 1 N–H and O–H groups in total. The summed E-state index contributed by atoms with van der Waals surface area (Å²) in [5, 5.41) is 3.13. The highest BCUT2D eigenvalue weighted by Gasteiger charge is 2.13. The Bertz CT molecular complexity index is 817. The molecule has 0 saturated heterocycles. The number of nitrogens with zero attached hydrogens (tertiary/aromatic N) is 1. The average molecular weight is 334 g/mol. The monoisotopic (exact) mass is 334 g/mol. The van der Waals surface area contributed by atoms with E-state index in [-0.39, 0.29) is 6.10 Å². The highest BCUT2D eigenvalue weighted by molar-refractivity contribution is 5.71. The van der Waals surface area contributed by atoms with Crippen LogP contribution in [0, 0.1) is 0 Å². The van der Waals surface area contributed by atoms with Crippen LogP contribution in [-0.2, 0) is 4.74 Å². The van der Waals surface area contributed by atoms with Gasteiger partial charge in [-0.1, -0.05) is 30.3 Å². The summed E-state index contributed by atoms with van der Waals surface area (Å²) in [5.74, 6) is 0.829. The van der Waals surface area contributed by atoms with Gasteiger partial charge in [0.15, 0.2) is 0 Å². The molecule has 0 aliphatic carbocycles. The van der Waals surface area contributed by atoms with Gasteiger partial charge >= 0.3 is 0 Å². The topological polar surface area (TPSA) is 43.4 Å². The molecule has 0 spiro atoms. The Balaban J connectivity index is 1.89. The molecule has 4 nitrogen and oxygen atoms in total. The first-order chi connectivity index (χ1) is 12.3. The number of nitrogens with one attached hydrogen (secondary N) is 1. The Labute approximate surface area is 148 Å². The van der Waals surface area contributed by atoms with E-state index < -0.39 is 0 Å². The molecule has 1 heterocycles. The summed E-state index contributed by atoms with van der Waals surface area (Å²) < 4.78 is 11.1. The first-order valence-corrected chi connectivity index (χ1v) is 8.15. The van der Waals surface area contributed by atoms with Crippen LogP contribution in [0.2, 0.25) is 0 Å². The Kier molecular flexibility index (Phi) is 5.31. The van der Waals surface area contributed by atoms with Crippen LogP contribution in [0.15, 0.2) is 67.0 Å². The highest BCUT2D eigenvalue weighted by Crippen LogP contribution is 2.32. The van der Waals surface area contributed by atoms with Crippen molar-refractivity contribution in [1.29, 1.82) is 0 Å². The fourth-order valence-electron chi connectivity index (χ4n) is 2.93. The smallest absolute Gasteiger partial charge is 0.142 e. The van der Waals surface area contributed by atoms with Crippen molar-refractivity contribution in [2.75, 3.05) is 26.6 Å². The fourth-order valence-corrected chi connectivity index (χ4v) is 2.93. The summed E-state index contributed by atoms with van der Waals surface area (Å²) in [5.41, 5.74) is 5.41. The van der Waals surface area contributed by atoms with E-state index in [2.05, 4.69) is 40.6 Å². The summed E-state index contributed by atoms with van der Waals surface area (Å²) in [6.07, 6.45) is 3.47. The Morgan fingerprint density at radius 3 is 2.08 bits per heavy atom. The lowest BCUT2D eigenvalue weighted by Crippen LogP contribution is -2.03.